The van der Waals surface area contributed by atoms with Crippen molar-refractivity contribution in [3.8, 4) is 11.5 Å². The van der Waals surface area contributed by atoms with Crippen molar-refractivity contribution in [2.75, 3.05) is 37.2 Å². The van der Waals surface area contributed by atoms with Crippen LogP contribution in [0.2, 0.25) is 0 Å². The number of carbonyl (C=O) groups excluding carboxylic acids is 1. The van der Waals surface area contributed by atoms with Gasteiger partial charge in [0.25, 0.3) is 0 Å². The second kappa shape index (κ2) is 16.2. The molecule has 2 aromatic rings. The number of hydrogen-bond acceptors (Lipinski definition) is 5. The van der Waals surface area contributed by atoms with E-state index in [1.807, 2.05) is 12.1 Å². The topological polar surface area (TPSA) is 91.0 Å². The smallest absolute Gasteiger partial charge is 0.317 e. The molecule has 2 N–H and O–H groups in total. The normalized spacial score (nSPS) is 16.9. The molecular formula is C31H47ClN4O4S. The highest BCUT2D eigenvalue weighted by atomic mass is 35.5. The fourth-order valence-corrected chi connectivity index (χ4v) is 6.32. The van der Waals surface area contributed by atoms with Crippen molar-refractivity contribution in [1.82, 2.24) is 15.1 Å². The molecule has 2 amide bonds. The van der Waals surface area contributed by atoms with E-state index < -0.39 is 10.0 Å². The van der Waals surface area contributed by atoms with Crippen LogP contribution >= 0.6 is 12.4 Å². The summed E-state index contributed by atoms with van der Waals surface area (Å²) >= 11 is 0. The van der Waals surface area contributed by atoms with E-state index in [1.165, 1.54) is 37.7 Å². The first-order valence-corrected chi connectivity index (χ1v) is 16.8. The van der Waals surface area contributed by atoms with Crippen LogP contribution in [0.4, 0.5) is 10.5 Å². The van der Waals surface area contributed by atoms with Crippen LogP contribution in [0.5, 0.6) is 11.5 Å². The third-order valence-electron chi connectivity index (χ3n) is 8.00. The van der Waals surface area contributed by atoms with Crippen LogP contribution < -0.4 is 14.8 Å². The van der Waals surface area contributed by atoms with Crippen molar-refractivity contribution < 1.29 is 17.9 Å². The van der Waals surface area contributed by atoms with Gasteiger partial charge in [-0.05, 0) is 80.0 Å². The molecule has 1 saturated heterocycles. The molecule has 0 spiro atoms. The molecule has 0 atom stereocenters. The molecule has 0 unspecified atom stereocenters. The quantitative estimate of drug-likeness (QED) is 0.283. The number of piperidine rings is 1. The lowest BCUT2D eigenvalue weighted by molar-refractivity contribution is 0.115. The number of carbonyl (C=O) groups is 1. The van der Waals surface area contributed by atoms with Gasteiger partial charge in [0.15, 0.2) is 0 Å². The molecule has 0 aromatic heterocycles. The summed E-state index contributed by atoms with van der Waals surface area (Å²) in [5, 5.41) is 3.28. The van der Waals surface area contributed by atoms with Gasteiger partial charge in [-0.3, -0.25) is 9.62 Å². The van der Waals surface area contributed by atoms with E-state index in [0.717, 1.165) is 70.4 Å². The summed E-state index contributed by atoms with van der Waals surface area (Å²) in [5.41, 5.74) is 1.73. The number of ether oxygens (including phenoxy) is 1. The van der Waals surface area contributed by atoms with E-state index in [-0.39, 0.29) is 18.4 Å². The molecule has 1 aliphatic heterocycles. The number of hydrogen-bond donors (Lipinski definition) is 2. The third-order valence-corrected chi connectivity index (χ3v) is 8.61. The SMILES string of the molecule is CCCCN(C(=O)NCC1CCCCC1)C1CCN(Cc2ccc(Oc3ccc(NS(C)(=O)=O)cc3)cc2)CC1.Cl. The minimum Gasteiger partial charge on any atom is -0.457 e. The molecule has 1 aliphatic carbocycles. The Bertz CT molecular complexity index is 1160. The maximum absolute atomic E-state index is 13.2. The Balaban J connectivity index is 0.00000462. The first kappa shape index (κ1) is 33.0. The fourth-order valence-electron chi connectivity index (χ4n) is 5.75. The molecule has 2 fully saturated rings. The Kier molecular flexibility index (Phi) is 13.1. The van der Waals surface area contributed by atoms with Crippen molar-refractivity contribution in [2.24, 2.45) is 5.92 Å². The third kappa shape index (κ3) is 11.0. The monoisotopic (exact) mass is 606 g/mol. The number of likely N-dealkylation sites (tertiary alicyclic amines) is 1. The molecule has 41 heavy (non-hydrogen) atoms. The lowest BCUT2D eigenvalue weighted by atomic mass is 9.89. The minimum absolute atomic E-state index is 0. The molecular weight excluding hydrogens is 560 g/mol. The summed E-state index contributed by atoms with van der Waals surface area (Å²) in [4.78, 5) is 17.8. The number of unbranched alkanes of at least 4 members (excludes halogenated alkanes) is 1. The first-order chi connectivity index (χ1) is 19.3. The lowest BCUT2D eigenvalue weighted by Crippen LogP contribution is -2.51. The highest BCUT2D eigenvalue weighted by Crippen LogP contribution is 2.26. The number of nitrogens with one attached hydrogen (secondary N) is 2. The average molecular weight is 607 g/mol. The van der Waals surface area contributed by atoms with E-state index in [0.29, 0.717) is 23.4 Å². The van der Waals surface area contributed by atoms with Gasteiger partial charge in [-0.2, -0.15) is 0 Å². The second-order valence-corrected chi connectivity index (χ2v) is 13.1. The van der Waals surface area contributed by atoms with Crippen molar-refractivity contribution in [3.63, 3.8) is 0 Å². The Morgan fingerprint density at radius 2 is 1.56 bits per heavy atom. The number of anilines is 1. The average Bonchev–Trinajstić information content (AvgIpc) is 2.95. The van der Waals surface area contributed by atoms with Crippen LogP contribution in [0.15, 0.2) is 48.5 Å². The van der Waals surface area contributed by atoms with Crippen molar-refractivity contribution in [1.29, 1.82) is 0 Å². The maximum atomic E-state index is 13.2. The predicted molar refractivity (Wildman–Crippen MR) is 169 cm³/mol. The van der Waals surface area contributed by atoms with Crippen LogP contribution in [-0.2, 0) is 16.6 Å². The van der Waals surface area contributed by atoms with E-state index in [4.69, 9.17) is 4.74 Å². The van der Waals surface area contributed by atoms with Crippen LogP contribution in [0.25, 0.3) is 0 Å². The summed E-state index contributed by atoms with van der Waals surface area (Å²) in [6, 6.07) is 15.4. The maximum Gasteiger partial charge on any atom is 0.317 e. The molecule has 1 saturated carbocycles. The number of halogens is 1. The van der Waals surface area contributed by atoms with E-state index in [1.54, 1.807) is 24.3 Å². The Hall–Kier alpha value is -2.49. The zero-order valence-electron chi connectivity index (χ0n) is 24.5. The summed E-state index contributed by atoms with van der Waals surface area (Å²) in [5.74, 6) is 2.02. The van der Waals surface area contributed by atoms with Crippen molar-refractivity contribution in [3.05, 3.63) is 54.1 Å². The van der Waals surface area contributed by atoms with E-state index in [9.17, 15) is 13.2 Å². The fraction of sp³-hybridized carbons (Fsp3) is 0.581. The Labute approximate surface area is 252 Å². The molecule has 4 rings (SSSR count). The standard InChI is InChI=1S/C31H46N4O4S.ClH/c1-3-4-20-35(31(36)32-23-25-8-6-5-7-9-25)28-18-21-34(22-19-28)24-26-10-14-29(15-11-26)39-30-16-12-27(13-17-30)33-40(2,37)38;/h10-17,25,28,33H,3-9,18-24H2,1-2H3,(H,32,36);1H. The van der Waals surface area contributed by atoms with E-state index in [2.05, 4.69) is 38.9 Å². The zero-order chi connectivity index (χ0) is 28.4. The van der Waals surface area contributed by atoms with Gasteiger partial charge in [-0.1, -0.05) is 44.7 Å². The van der Waals surface area contributed by atoms with Gasteiger partial charge >= 0.3 is 6.03 Å². The molecule has 228 valence electrons. The van der Waals surface area contributed by atoms with Crippen LogP contribution in [0.3, 0.4) is 0 Å². The molecule has 0 bridgehead atoms. The molecule has 2 aliphatic rings. The summed E-state index contributed by atoms with van der Waals surface area (Å²) < 4.78 is 31.1. The highest BCUT2D eigenvalue weighted by Gasteiger charge is 2.28. The number of rotatable bonds is 12. The lowest BCUT2D eigenvalue weighted by Gasteiger charge is -2.39. The Morgan fingerprint density at radius 1 is 0.951 bits per heavy atom. The number of amides is 2. The molecule has 0 radical (unpaired) electrons. The molecule has 8 nitrogen and oxygen atoms in total. The second-order valence-electron chi connectivity index (χ2n) is 11.4. The number of benzene rings is 2. The van der Waals surface area contributed by atoms with Gasteiger partial charge in [0.05, 0.1) is 6.26 Å². The van der Waals surface area contributed by atoms with Gasteiger partial charge in [-0.15, -0.1) is 12.4 Å². The van der Waals surface area contributed by atoms with Crippen molar-refractivity contribution >= 4 is 34.1 Å². The zero-order valence-corrected chi connectivity index (χ0v) is 26.1. The van der Waals surface area contributed by atoms with Crippen LogP contribution in [0, 0.1) is 5.92 Å². The molecule has 10 heteroatoms. The van der Waals surface area contributed by atoms with Gasteiger partial charge in [-0.25, -0.2) is 13.2 Å². The van der Waals surface area contributed by atoms with E-state index >= 15 is 0 Å². The summed E-state index contributed by atoms with van der Waals surface area (Å²) in [6.45, 7) is 6.69. The van der Waals surface area contributed by atoms with Crippen LogP contribution in [-0.4, -0.2) is 62.7 Å². The first-order valence-electron chi connectivity index (χ1n) is 14.9. The molecule has 1 heterocycles. The number of urea groups is 1. The van der Waals surface area contributed by atoms with Gasteiger partial charge in [0.1, 0.15) is 11.5 Å². The summed E-state index contributed by atoms with van der Waals surface area (Å²) in [7, 11) is -3.30. The molecule has 2 aromatic carbocycles. The summed E-state index contributed by atoms with van der Waals surface area (Å²) in [6.07, 6.45) is 11.7. The number of nitrogens with zero attached hydrogens (tertiary/aromatic N) is 2. The number of sulfonamides is 1. The largest absolute Gasteiger partial charge is 0.457 e. The highest BCUT2D eigenvalue weighted by molar-refractivity contribution is 7.92. The van der Waals surface area contributed by atoms with Gasteiger partial charge in [0.2, 0.25) is 10.0 Å². The van der Waals surface area contributed by atoms with Crippen molar-refractivity contribution in [2.45, 2.75) is 77.3 Å². The van der Waals surface area contributed by atoms with Crippen LogP contribution in [0.1, 0.15) is 70.3 Å². The Morgan fingerprint density at radius 3 is 2.15 bits per heavy atom. The minimum atomic E-state index is -3.30. The van der Waals surface area contributed by atoms with Gasteiger partial charge < -0.3 is 15.0 Å². The predicted octanol–water partition coefficient (Wildman–Crippen LogP) is 6.63. The van der Waals surface area contributed by atoms with Gasteiger partial charge in [0, 0.05) is 44.5 Å².